The number of anilines is 1. The monoisotopic (exact) mass is 494 g/mol. The number of nitrogens with zero attached hydrogens (tertiary/aromatic N) is 5. The van der Waals surface area contributed by atoms with Gasteiger partial charge < -0.3 is 14.4 Å². The molecule has 8 nitrogen and oxygen atoms in total. The van der Waals surface area contributed by atoms with E-state index in [-0.39, 0.29) is 17.9 Å². The molecule has 1 aromatic carbocycles. The topological polar surface area (TPSA) is 83.4 Å². The number of halogens is 1. The van der Waals surface area contributed by atoms with Gasteiger partial charge in [-0.05, 0) is 64.5 Å². The lowest BCUT2D eigenvalue weighted by atomic mass is 10.1. The van der Waals surface area contributed by atoms with E-state index in [0.717, 1.165) is 30.5 Å². The van der Waals surface area contributed by atoms with E-state index in [1.54, 1.807) is 24.4 Å². The van der Waals surface area contributed by atoms with Crippen LogP contribution in [0.25, 0.3) is 11.0 Å². The Kier molecular flexibility index (Phi) is 7.83. The van der Waals surface area contributed by atoms with Crippen molar-refractivity contribution < 1.29 is 9.59 Å². The van der Waals surface area contributed by atoms with Gasteiger partial charge in [0.2, 0.25) is 11.9 Å². The van der Waals surface area contributed by atoms with Gasteiger partial charge in [-0.25, -0.2) is 4.98 Å². The second kappa shape index (κ2) is 11.0. The first-order valence-corrected chi connectivity index (χ1v) is 12.2. The molecule has 184 valence electrons. The number of likely N-dealkylation sites (N-methyl/N-ethyl adjacent to an activating group) is 1. The van der Waals surface area contributed by atoms with E-state index in [0.29, 0.717) is 41.7 Å². The molecule has 0 aliphatic carbocycles. The van der Waals surface area contributed by atoms with Crippen molar-refractivity contribution in [1.82, 2.24) is 24.3 Å². The van der Waals surface area contributed by atoms with Gasteiger partial charge >= 0.3 is 0 Å². The summed E-state index contributed by atoms with van der Waals surface area (Å²) in [6.45, 7) is 3.75. The van der Waals surface area contributed by atoms with E-state index in [1.807, 2.05) is 59.7 Å². The highest BCUT2D eigenvalue weighted by Crippen LogP contribution is 2.34. The number of carbonyl (C=O) groups is 2. The van der Waals surface area contributed by atoms with Crippen LogP contribution in [0.3, 0.4) is 0 Å². The van der Waals surface area contributed by atoms with Gasteiger partial charge in [-0.2, -0.15) is 0 Å². The van der Waals surface area contributed by atoms with Gasteiger partial charge in [0.1, 0.15) is 0 Å². The zero-order valence-electron chi connectivity index (χ0n) is 20.4. The third-order valence-corrected chi connectivity index (χ3v) is 6.40. The summed E-state index contributed by atoms with van der Waals surface area (Å²) in [5, 5.41) is 3.54. The summed E-state index contributed by atoms with van der Waals surface area (Å²) in [7, 11) is 3.93. The summed E-state index contributed by atoms with van der Waals surface area (Å²) in [6, 6.07) is 8.88. The van der Waals surface area contributed by atoms with Crippen molar-refractivity contribution in [3.8, 4) is 0 Å². The summed E-state index contributed by atoms with van der Waals surface area (Å²) in [5.41, 5.74) is 2.73. The summed E-state index contributed by atoms with van der Waals surface area (Å²) in [5.74, 6) is 0.151. The van der Waals surface area contributed by atoms with Crippen molar-refractivity contribution in [3.05, 3.63) is 65.0 Å². The number of amides is 2. The molecule has 1 N–H and O–H groups in total. The molecule has 2 amide bonds. The molecule has 4 rings (SSSR count). The highest BCUT2D eigenvalue weighted by molar-refractivity contribution is 6.35. The first-order chi connectivity index (χ1) is 16.8. The largest absolute Gasteiger partial charge is 0.337 e. The molecular formula is C26H31ClN6O2. The Morgan fingerprint density at radius 2 is 2.09 bits per heavy atom. The highest BCUT2D eigenvalue weighted by Gasteiger charge is 2.27. The van der Waals surface area contributed by atoms with E-state index < -0.39 is 0 Å². The van der Waals surface area contributed by atoms with E-state index in [2.05, 4.69) is 10.3 Å². The number of likely N-dealkylation sites (tertiary alicyclic amines) is 1. The molecule has 1 aliphatic heterocycles. The Bertz CT molecular complexity index is 1250. The fraction of sp³-hybridized carbons (Fsp3) is 0.385. The Hall–Kier alpha value is -3.23. The third kappa shape index (κ3) is 5.89. The van der Waals surface area contributed by atoms with Crippen LogP contribution < -0.4 is 5.32 Å². The van der Waals surface area contributed by atoms with Gasteiger partial charge in [0.15, 0.2) is 0 Å². The fourth-order valence-corrected chi connectivity index (χ4v) is 4.67. The minimum absolute atomic E-state index is 0.00730. The molecule has 0 radical (unpaired) electrons. The SMILES string of the molecule is Cc1cc(C(=O)Nc2nc3cccc(Cl)c3n2[C@H]2CCCCN(C(=O)C=CCN(C)C)C2)ccn1. The molecule has 9 heteroatoms. The van der Waals surface area contributed by atoms with Gasteiger partial charge in [0.05, 0.1) is 22.1 Å². The Morgan fingerprint density at radius 1 is 1.26 bits per heavy atom. The molecule has 3 aromatic rings. The van der Waals surface area contributed by atoms with E-state index in [9.17, 15) is 9.59 Å². The maximum absolute atomic E-state index is 13.1. The molecule has 0 saturated carbocycles. The minimum atomic E-state index is -0.267. The molecule has 3 heterocycles. The van der Waals surface area contributed by atoms with Gasteiger partial charge in [0.25, 0.3) is 5.91 Å². The normalized spacial score (nSPS) is 16.7. The second-order valence-corrected chi connectivity index (χ2v) is 9.56. The number of benzene rings is 1. The average Bonchev–Trinajstić information content (AvgIpc) is 3.01. The number of fused-ring (bicyclic) bond motifs is 1. The predicted molar refractivity (Wildman–Crippen MR) is 139 cm³/mol. The molecule has 0 spiro atoms. The summed E-state index contributed by atoms with van der Waals surface area (Å²) in [6.07, 6.45) is 7.87. The molecule has 2 aromatic heterocycles. The lowest BCUT2D eigenvalue weighted by molar-refractivity contribution is -0.126. The summed E-state index contributed by atoms with van der Waals surface area (Å²) >= 11 is 6.63. The zero-order chi connectivity index (χ0) is 24.9. The number of rotatable bonds is 6. The van der Waals surface area contributed by atoms with Crippen LogP contribution in [-0.4, -0.2) is 69.9 Å². The molecule has 1 fully saturated rings. The van der Waals surface area contributed by atoms with Crippen LogP contribution in [0.1, 0.15) is 41.4 Å². The first-order valence-electron chi connectivity index (χ1n) is 11.8. The van der Waals surface area contributed by atoms with Crippen molar-refractivity contribution >= 4 is 40.4 Å². The standard InChI is InChI=1S/C26H31ClN6O2/c1-18-16-19(12-13-28-18)25(35)30-26-29-22-10-6-9-21(27)24(22)33(26)20-8-4-5-15-32(17-20)23(34)11-7-14-31(2)3/h6-7,9-13,16,20H,4-5,8,14-15,17H2,1-3H3,(H,29,30,35)/t20-/m0/s1. The first kappa shape index (κ1) is 24.9. The summed E-state index contributed by atoms with van der Waals surface area (Å²) in [4.78, 5) is 38.8. The maximum Gasteiger partial charge on any atom is 0.258 e. The van der Waals surface area contributed by atoms with Gasteiger partial charge in [-0.15, -0.1) is 0 Å². The lowest BCUT2D eigenvalue weighted by Crippen LogP contribution is -2.34. The van der Waals surface area contributed by atoms with Crippen molar-refractivity contribution in [2.45, 2.75) is 32.2 Å². The van der Waals surface area contributed by atoms with Crippen molar-refractivity contribution in [1.29, 1.82) is 0 Å². The van der Waals surface area contributed by atoms with Gasteiger partial charge in [-0.1, -0.05) is 23.7 Å². The number of aryl methyl sites for hydroxylation is 1. The number of carbonyl (C=O) groups excluding carboxylic acids is 2. The number of aromatic nitrogens is 3. The number of pyridine rings is 1. The predicted octanol–water partition coefficient (Wildman–Crippen LogP) is 4.32. The third-order valence-electron chi connectivity index (χ3n) is 6.10. The smallest absolute Gasteiger partial charge is 0.258 e. The van der Waals surface area contributed by atoms with Crippen molar-refractivity contribution in [2.75, 3.05) is 39.0 Å². The maximum atomic E-state index is 13.1. The van der Waals surface area contributed by atoms with Crippen LogP contribution in [0, 0.1) is 6.92 Å². The van der Waals surface area contributed by atoms with Crippen molar-refractivity contribution in [2.24, 2.45) is 0 Å². The number of imidazole rings is 1. The quantitative estimate of drug-likeness (QED) is 0.516. The molecule has 0 bridgehead atoms. The number of para-hydroxylation sites is 1. The van der Waals surface area contributed by atoms with Crippen LogP contribution in [0.15, 0.2) is 48.7 Å². The number of hydrogen-bond acceptors (Lipinski definition) is 5. The number of hydrogen-bond donors (Lipinski definition) is 1. The van der Waals surface area contributed by atoms with E-state index >= 15 is 0 Å². The lowest BCUT2D eigenvalue weighted by Gasteiger charge is -2.26. The van der Waals surface area contributed by atoms with Crippen LogP contribution in [0.2, 0.25) is 5.02 Å². The molecule has 35 heavy (non-hydrogen) atoms. The average molecular weight is 495 g/mol. The Labute approximate surface area is 210 Å². The van der Waals surface area contributed by atoms with Crippen LogP contribution in [0.4, 0.5) is 5.95 Å². The van der Waals surface area contributed by atoms with Crippen LogP contribution in [0.5, 0.6) is 0 Å². The molecule has 1 saturated heterocycles. The van der Waals surface area contributed by atoms with E-state index in [1.165, 1.54) is 0 Å². The zero-order valence-corrected chi connectivity index (χ0v) is 21.1. The number of nitrogens with one attached hydrogen (secondary N) is 1. The highest BCUT2D eigenvalue weighted by atomic mass is 35.5. The molecule has 1 atom stereocenters. The Morgan fingerprint density at radius 3 is 2.86 bits per heavy atom. The molecule has 0 unspecified atom stereocenters. The van der Waals surface area contributed by atoms with Crippen LogP contribution >= 0.6 is 11.6 Å². The van der Waals surface area contributed by atoms with Gasteiger partial charge in [-0.3, -0.25) is 19.9 Å². The second-order valence-electron chi connectivity index (χ2n) is 9.15. The fourth-order valence-electron chi connectivity index (χ4n) is 4.41. The molecular weight excluding hydrogens is 464 g/mol. The van der Waals surface area contributed by atoms with Gasteiger partial charge in [0, 0.05) is 43.2 Å². The van der Waals surface area contributed by atoms with Crippen LogP contribution in [-0.2, 0) is 4.79 Å². The van der Waals surface area contributed by atoms with Crippen molar-refractivity contribution in [3.63, 3.8) is 0 Å². The minimum Gasteiger partial charge on any atom is -0.337 e. The van der Waals surface area contributed by atoms with E-state index in [4.69, 9.17) is 16.6 Å². The Balaban J connectivity index is 1.68. The summed E-state index contributed by atoms with van der Waals surface area (Å²) < 4.78 is 2.00. The molecule has 1 aliphatic rings.